The molecule has 0 aromatic carbocycles. The number of carbonyl (C=O) groups is 1. The van der Waals surface area contributed by atoms with Crippen molar-refractivity contribution >= 4 is 5.91 Å². The molecule has 100 valence electrons. The Bertz CT molecular complexity index is 228. The highest BCUT2D eigenvalue weighted by molar-refractivity contribution is 5.76. The third kappa shape index (κ3) is 6.06. The molecular weight excluding hydrogens is 212 g/mol. The zero-order valence-electron chi connectivity index (χ0n) is 11.6. The Morgan fingerprint density at radius 1 is 1.24 bits per heavy atom. The molecule has 17 heavy (non-hydrogen) atoms. The highest BCUT2D eigenvalue weighted by Gasteiger charge is 2.19. The van der Waals surface area contributed by atoms with Crippen molar-refractivity contribution in [3.63, 3.8) is 0 Å². The molecule has 0 aromatic rings. The second-order valence-electron chi connectivity index (χ2n) is 5.65. The fourth-order valence-electron chi connectivity index (χ4n) is 2.56. The van der Waals surface area contributed by atoms with Crippen LogP contribution in [0.1, 0.15) is 59.3 Å². The average Bonchev–Trinajstić information content (AvgIpc) is 2.43. The van der Waals surface area contributed by atoms with Gasteiger partial charge in [0.05, 0.1) is 0 Å². The molecule has 1 rings (SSSR count). The van der Waals surface area contributed by atoms with Gasteiger partial charge in [-0.1, -0.05) is 26.2 Å². The van der Waals surface area contributed by atoms with Crippen molar-refractivity contribution in [2.45, 2.75) is 71.4 Å². The first-order valence-electron chi connectivity index (χ1n) is 7.12. The summed E-state index contributed by atoms with van der Waals surface area (Å²) in [6.07, 6.45) is 7.27. The maximum atomic E-state index is 11.5. The third-order valence-electron chi connectivity index (χ3n) is 3.57. The van der Waals surface area contributed by atoms with Gasteiger partial charge >= 0.3 is 0 Å². The average molecular weight is 240 g/mol. The summed E-state index contributed by atoms with van der Waals surface area (Å²) in [4.78, 5) is 11.5. The summed E-state index contributed by atoms with van der Waals surface area (Å²) >= 11 is 0. The number of rotatable bonds is 5. The van der Waals surface area contributed by atoms with Crippen LogP contribution in [0.5, 0.6) is 0 Å². The van der Waals surface area contributed by atoms with Gasteiger partial charge in [0, 0.05) is 25.0 Å². The third-order valence-corrected chi connectivity index (χ3v) is 3.57. The van der Waals surface area contributed by atoms with Crippen molar-refractivity contribution in [3.8, 4) is 0 Å². The van der Waals surface area contributed by atoms with E-state index in [9.17, 15) is 4.79 Å². The summed E-state index contributed by atoms with van der Waals surface area (Å²) in [5.74, 6) is 0.916. The van der Waals surface area contributed by atoms with Crippen LogP contribution in [0, 0.1) is 5.92 Å². The lowest BCUT2D eigenvalue weighted by Gasteiger charge is -2.22. The minimum atomic E-state index is 0.161. The molecule has 2 unspecified atom stereocenters. The maximum absolute atomic E-state index is 11.5. The minimum absolute atomic E-state index is 0.161. The van der Waals surface area contributed by atoms with Crippen LogP contribution in [0.25, 0.3) is 0 Å². The fraction of sp³-hybridized carbons (Fsp3) is 0.929. The molecule has 0 aromatic heterocycles. The van der Waals surface area contributed by atoms with Gasteiger partial charge in [0.15, 0.2) is 0 Å². The highest BCUT2D eigenvalue weighted by Crippen LogP contribution is 2.22. The summed E-state index contributed by atoms with van der Waals surface area (Å²) < 4.78 is 0. The molecule has 0 saturated heterocycles. The molecule has 3 nitrogen and oxygen atoms in total. The minimum Gasteiger partial charge on any atom is -0.354 e. The molecule has 0 aliphatic heterocycles. The van der Waals surface area contributed by atoms with Gasteiger partial charge in [0.1, 0.15) is 0 Å². The van der Waals surface area contributed by atoms with Crippen LogP contribution in [0.2, 0.25) is 0 Å². The van der Waals surface area contributed by atoms with Crippen molar-refractivity contribution in [2.24, 2.45) is 5.92 Å². The lowest BCUT2D eigenvalue weighted by Crippen LogP contribution is -2.38. The van der Waals surface area contributed by atoms with E-state index in [1.165, 1.54) is 32.1 Å². The molecule has 1 fully saturated rings. The Kier molecular flexibility index (Phi) is 6.56. The molecule has 1 amide bonds. The normalized spacial score (nSPS) is 25.6. The lowest BCUT2D eigenvalue weighted by molar-refractivity contribution is -0.121. The first-order chi connectivity index (χ1) is 8.09. The van der Waals surface area contributed by atoms with Crippen LogP contribution >= 0.6 is 0 Å². The summed E-state index contributed by atoms with van der Waals surface area (Å²) in [6, 6.07) is 0.864. The van der Waals surface area contributed by atoms with E-state index in [1.54, 1.807) is 0 Å². The van der Waals surface area contributed by atoms with Gasteiger partial charge in [-0.2, -0.15) is 0 Å². The van der Waals surface area contributed by atoms with Crippen molar-refractivity contribution in [1.29, 1.82) is 0 Å². The molecule has 0 spiro atoms. The predicted octanol–water partition coefficient (Wildman–Crippen LogP) is 2.46. The Balaban J connectivity index is 2.18. The number of hydrogen-bond donors (Lipinski definition) is 2. The molecule has 2 N–H and O–H groups in total. The molecule has 1 aliphatic carbocycles. The van der Waals surface area contributed by atoms with E-state index >= 15 is 0 Å². The van der Waals surface area contributed by atoms with Gasteiger partial charge in [-0.05, 0) is 32.6 Å². The van der Waals surface area contributed by atoms with Crippen LogP contribution in [0.4, 0.5) is 0 Å². The summed E-state index contributed by atoms with van der Waals surface area (Å²) in [6.45, 7) is 7.14. The van der Waals surface area contributed by atoms with Gasteiger partial charge in [-0.25, -0.2) is 0 Å². The molecule has 0 heterocycles. The van der Waals surface area contributed by atoms with Gasteiger partial charge in [0.2, 0.25) is 5.91 Å². The van der Waals surface area contributed by atoms with Crippen molar-refractivity contribution in [2.75, 3.05) is 6.54 Å². The maximum Gasteiger partial charge on any atom is 0.221 e. The second kappa shape index (κ2) is 7.70. The number of nitrogens with one attached hydrogen (secondary N) is 2. The topological polar surface area (TPSA) is 41.1 Å². The Labute approximate surface area is 106 Å². The standard InChI is InChI=1S/C14H28N2O/c1-11(2)16-14(17)9-10-15-13-8-6-4-5-7-12(13)3/h11-13,15H,4-10H2,1-3H3,(H,16,17). The number of carbonyl (C=O) groups excluding carboxylic acids is 1. The van der Waals surface area contributed by atoms with Crippen molar-refractivity contribution in [3.05, 3.63) is 0 Å². The molecular formula is C14H28N2O. The van der Waals surface area contributed by atoms with Crippen molar-refractivity contribution in [1.82, 2.24) is 10.6 Å². The SMILES string of the molecule is CC(C)NC(=O)CCNC1CCCCCC1C. The number of hydrogen-bond acceptors (Lipinski definition) is 2. The summed E-state index contributed by atoms with van der Waals surface area (Å²) in [7, 11) is 0. The fourth-order valence-corrected chi connectivity index (χ4v) is 2.56. The molecule has 2 atom stereocenters. The monoisotopic (exact) mass is 240 g/mol. The largest absolute Gasteiger partial charge is 0.354 e. The Morgan fingerprint density at radius 2 is 1.94 bits per heavy atom. The van der Waals surface area contributed by atoms with Gasteiger partial charge in [0.25, 0.3) is 0 Å². The Morgan fingerprint density at radius 3 is 2.65 bits per heavy atom. The first kappa shape index (κ1) is 14.5. The van der Waals surface area contributed by atoms with Crippen LogP contribution in [-0.2, 0) is 4.79 Å². The van der Waals surface area contributed by atoms with Crippen LogP contribution in [0.3, 0.4) is 0 Å². The van der Waals surface area contributed by atoms with Crippen molar-refractivity contribution < 1.29 is 4.79 Å². The molecule has 0 radical (unpaired) electrons. The van der Waals surface area contributed by atoms with E-state index in [0.717, 1.165) is 12.5 Å². The first-order valence-corrected chi connectivity index (χ1v) is 7.12. The van der Waals surface area contributed by atoms with Crippen LogP contribution in [0.15, 0.2) is 0 Å². The molecule has 1 aliphatic rings. The van der Waals surface area contributed by atoms with Gasteiger partial charge < -0.3 is 10.6 Å². The Hall–Kier alpha value is -0.570. The molecule has 1 saturated carbocycles. The van der Waals surface area contributed by atoms with E-state index in [2.05, 4.69) is 17.6 Å². The van der Waals surface area contributed by atoms with E-state index in [4.69, 9.17) is 0 Å². The van der Waals surface area contributed by atoms with Crippen LogP contribution < -0.4 is 10.6 Å². The zero-order valence-corrected chi connectivity index (χ0v) is 11.6. The highest BCUT2D eigenvalue weighted by atomic mass is 16.1. The molecule has 0 bridgehead atoms. The summed E-state index contributed by atoms with van der Waals surface area (Å²) in [5.41, 5.74) is 0. The number of amides is 1. The second-order valence-corrected chi connectivity index (χ2v) is 5.65. The van der Waals surface area contributed by atoms with Gasteiger partial charge in [-0.15, -0.1) is 0 Å². The van der Waals surface area contributed by atoms with E-state index < -0.39 is 0 Å². The van der Waals surface area contributed by atoms with E-state index in [1.807, 2.05) is 13.8 Å². The predicted molar refractivity (Wildman–Crippen MR) is 71.9 cm³/mol. The van der Waals surface area contributed by atoms with E-state index in [0.29, 0.717) is 12.5 Å². The van der Waals surface area contributed by atoms with E-state index in [-0.39, 0.29) is 11.9 Å². The lowest BCUT2D eigenvalue weighted by atomic mass is 9.97. The summed E-state index contributed by atoms with van der Waals surface area (Å²) in [5, 5.41) is 6.48. The zero-order chi connectivity index (χ0) is 12.7. The van der Waals surface area contributed by atoms with Gasteiger partial charge in [-0.3, -0.25) is 4.79 Å². The quantitative estimate of drug-likeness (QED) is 0.725. The molecule has 3 heteroatoms. The smallest absolute Gasteiger partial charge is 0.221 e. The van der Waals surface area contributed by atoms with Crippen LogP contribution in [-0.4, -0.2) is 24.5 Å².